The monoisotopic (exact) mass is 240 g/mol. The van der Waals surface area contributed by atoms with E-state index in [2.05, 4.69) is 39.9 Å². The predicted octanol–water partition coefficient (Wildman–Crippen LogP) is 3.50. The average molecular weight is 240 g/mol. The van der Waals surface area contributed by atoms with Gasteiger partial charge in [0.25, 0.3) is 0 Å². The Balaban J connectivity index is 2.78. The van der Waals surface area contributed by atoms with Crippen molar-refractivity contribution in [2.45, 2.75) is 59.4 Å². The fourth-order valence-electron chi connectivity index (χ4n) is 1.50. The van der Waals surface area contributed by atoms with Crippen LogP contribution in [0.1, 0.15) is 56.6 Å². The van der Waals surface area contributed by atoms with Crippen molar-refractivity contribution < 1.29 is 0 Å². The highest BCUT2D eigenvalue weighted by Crippen LogP contribution is 2.29. The van der Waals surface area contributed by atoms with Crippen LogP contribution in [0, 0.1) is 0 Å². The normalized spacial score (nSPS) is 12.1. The fourth-order valence-corrected chi connectivity index (χ4v) is 2.67. The van der Waals surface area contributed by atoms with E-state index in [1.165, 1.54) is 22.0 Å². The zero-order valence-electron chi connectivity index (χ0n) is 11.2. The molecule has 0 amide bonds. The lowest BCUT2D eigenvalue weighted by Gasteiger charge is -2.13. The number of thiazole rings is 1. The van der Waals surface area contributed by atoms with Crippen LogP contribution in [-0.2, 0) is 18.4 Å². The third kappa shape index (κ3) is 3.56. The molecule has 0 aliphatic rings. The van der Waals surface area contributed by atoms with Crippen LogP contribution >= 0.6 is 11.3 Å². The highest BCUT2D eigenvalue weighted by Gasteiger charge is 2.20. The van der Waals surface area contributed by atoms with Crippen LogP contribution < -0.4 is 5.32 Å². The molecule has 1 aromatic heterocycles. The van der Waals surface area contributed by atoms with Crippen molar-refractivity contribution in [1.82, 2.24) is 10.3 Å². The molecule has 0 aliphatic carbocycles. The van der Waals surface area contributed by atoms with Crippen LogP contribution in [0.25, 0.3) is 0 Å². The number of aromatic nitrogens is 1. The average Bonchev–Trinajstić information content (AvgIpc) is 2.61. The molecular formula is C13H24N2S. The van der Waals surface area contributed by atoms with Crippen LogP contribution in [0.3, 0.4) is 0 Å². The van der Waals surface area contributed by atoms with Crippen molar-refractivity contribution in [1.29, 1.82) is 0 Å². The van der Waals surface area contributed by atoms with Gasteiger partial charge in [-0.1, -0.05) is 34.6 Å². The van der Waals surface area contributed by atoms with Gasteiger partial charge in [-0.25, -0.2) is 4.98 Å². The molecule has 0 spiro atoms. The van der Waals surface area contributed by atoms with Gasteiger partial charge in [-0.15, -0.1) is 11.3 Å². The number of rotatable bonds is 5. The molecule has 1 rings (SSSR count). The number of nitrogens with zero attached hydrogens (tertiary/aromatic N) is 1. The molecular weight excluding hydrogens is 216 g/mol. The standard InChI is InChI=1S/C13H24N2S/c1-6-8-14-9-11-10(7-2)15-12(16-11)13(3,4)5/h14H,6-9H2,1-5H3. The lowest BCUT2D eigenvalue weighted by molar-refractivity contribution is 0.583. The number of hydrogen-bond acceptors (Lipinski definition) is 3. The third-order valence-electron chi connectivity index (χ3n) is 2.47. The van der Waals surface area contributed by atoms with Crippen molar-refractivity contribution in [3.05, 3.63) is 15.6 Å². The maximum atomic E-state index is 4.76. The third-order valence-corrected chi connectivity index (χ3v) is 3.99. The van der Waals surface area contributed by atoms with Gasteiger partial charge < -0.3 is 5.32 Å². The van der Waals surface area contributed by atoms with E-state index in [9.17, 15) is 0 Å². The zero-order valence-corrected chi connectivity index (χ0v) is 12.0. The van der Waals surface area contributed by atoms with E-state index in [0.29, 0.717) is 0 Å². The van der Waals surface area contributed by atoms with E-state index in [1.54, 1.807) is 0 Å². The summed E-state index contributed by atoms with van der Waals surface area (Å²) in [6, 6.07) is 0. The van der Waals surface area contributed by atoms with E-state index < -0.39 is 0 Å². The van der Waals surface area contributed by atoms with E-state index in [4.69, 9.17) is 4.98 Å². The minimum atomic E-state index is 0.178. The molecule has 92 valence electrons. The molecule has 0 fully saturated rings. The number of aryl methyl sites for hydroxylation is 1. The minimum Gasteiger partial charge on any atom is -0.312 e. The molecule has 1 heterocycles. The maximum Gasteiger partial charge on any atom is 0.0985 e. The fraction of sp³-hybridized carbons (Fsp3) is 0.769. The zero-order chi connectivity index (χ0) is 12.2. The van der Waals surface area contributed by atoms with E-state index in [-0.39, 0.29) is 5.41 Å². The molecule has 0 aromatic carbocycles. The second-order valence-corrected chi connectivity index (χ2v) is 6.25. The largest absolute Gasteiger partial charge is 0.312 e. The summed E-state index contributed by atoms with van der Waals surface area (Å²) in [5.41, 5.74) is 1.45. The predicted molar refractivity (Wildman–Crippen MR) is 72.2 cm³/mol. The Hall–Kier alpha value is -0.410. The summed E-state index contributed by atoms with van der Waals surface area (Å²) in [6.07, 6.45) is 2.22. The van der Waals surface area contributed by atoms with Gasteiger partial charge in [-0.2, -0.15) is 0 Å². The summed E-state index contributed by atoms with van der Waals surface area (Å²) in [4.78, 5) is 6.17. The smallest absolute Gasteiger partial charge is 0.0985 e. The SMILES string of the molecule is CCCNCc1sc(C(C)(C)C)nc1CC. The van der Waals surface area contributed by atoms with Gasteiger partial charge in [0.2, 0.25) is 0 Å². The molecule has 1 aromatic rings. The maximum absolute atomic E-state index is 4.76. The molecule has 2 nitrogen and oxygen atoms in total. The quantitative estimate of drug-likeness (QED) is 0.797. The molecule has 3 heteroatoms. The van der Waals surface area contributed by atoms with E-state index >= 15 is 0 Å². The summed E-state index contributed by atoms with van der Waals surface area (Å²) in [5, 5.41) is 4.72. The summed E-state index contributed by atoms with van der Waals surface area (Å²) in [5.74, 6) is 0. The Kier molecular flexibility index (Phi) is 4.93. The summed E-state index contributed by atoms with van der Waals surface area (Å²) in [7, 11) is 0. The van der Waals surface area contributed by atoms with Crippen LogP contribution in [-0.4, -0.2) is 11.5 Å². The molecule has 0 radical (unpaired) electrons. The van der Waals surface area contributed by atoms with Gasteiger partial charge in [-0.3, -0.25) is 0 Å². The number of hydrogen-bond donors (Lipinski definition) is 1. The highest BCUT2D eigenvalue weighted by atomic mass is 32.1. The topological polar surface area (TPSA) is 24.9 Å². The van der Waals surface area contributed by atoms with Crippen molar-refractivity contribution in [3.8, 4) is 0 Å². The molecule has 0 bridgehead atoms. The van der Waals surface area contributed by atoms with E-state index in [0.717, 1.165) is 19.5 Å². The molecule has 0 saturated carbocycles. The number of nitrogens with one attached hydrogen (secondary N) is 1. The molecule has 0 aliphatic heterocycles. The second kappa shape index (κ2) is 5.78. The van der Waals surface area contributed by atoms with Gasteiger partial charge in [0.05, 0.1) is 10.7 Å². The Morgan fingerprint density at radius 2 is 1.94 bits per heavy atom. The van der Waals surface area contributed by atoms with Gasteiger partial charge in [-0.05, 0) is 19.4 Å². The van der Waals surface area contributed by atoms with Crippen LogP contribution in [0.5, 0.6) is 0 Å². The Bertz CT molecular complexity index is 323. The Morgan fingerprint density at radius 1 is 1.25 bits per heavy atom. The first-order valence-corrected chi connectivity index (χ1v) is 7.00. The summed E-state index contributed by atoms with van der Waals surface area (Å²) < 4.78 is 0. The Morgan fingerprint density at radius 3 is 2.44 bits per heavy atom. The first-order chi connectivity index (χ1) is 7.49. The first kappa shape index (κ1) is 13.7. The van der Waals surface area contributed by atoms with Crippen LogP contribution in [0.15, 0.2) is 0 Å². The Labute approximate surface area is 103 Å². The minimum absolute atomic E-state index is 0.178. The highest BCUT2D eigenvalue weighted by molar-refractivity contribution is 7.11. The van der Waals surface area contributed by atoms with Crippen molar-refractivity contribution in [3.63, 3.8) is 0 Å². The second-order valence-electron chi connectivity index (χ2n) is 5.17. The van der Waals surface area contributed by atoms with Crippen LogP contribution in [0.4, 0.5) is 0 Å². The van der Waals surface area contributed by atoms with Gasteiger partial charge in [0.1, 0.15) is 0 Å². The van der Waals surface area contributed by atoms with Gasteiger partial charge in [0, 0.05) is 16.8 Å². The van der Waals surface area contributed by atoms with Crippen LogP contribution in [0.2, 0.25) is 0 Å². The summed E-state index contributed by atoms with van der Waals surface area (Å²) in [6.45, 7) is 13.1. The molecule has 0 atom stereocenters. The van der Waals surface area contributed by atoms with Crippen molar-refractivity contribution in [2.75, 3.05) is 6.54 Å². The van der Waals surface area contributed by atoms with Gasteiger partial charge in [0.15, 0.2) is 0 Å². The molecule has 1 N–H and O–H groups in total. The molecule has 0 unspecified atom stereocenters. The van der Waals surface area contributed by atoms with E-state index in [1.807, 2.05) is 11.3 Å². The van der Waals surface area contributed by atoms with Crippen molar-refractivity contribution in [2.24, 2.45) is 0 Å². The lowest BCUT2D eigenvalue weighted by Crippen LogP contribution is -2.13. The summed E-state index contributed by atoms with van der Waals surface area (Å²) >= 11 is 1.87. The van der Waals surface area contributed by atoms with Gasteiger partial charge >= 0.3 is 0 Å². The molecule has 16 heavy (non-hydrogen) atoms. The lowest BCUT2D eigenvalue weighted by atomic mass is 9.98. The van der Waals surface area contributed by atoms with Crippen molar-refractivity contribution >= 4 is 11.3 Å². The molecule has 0 saturated heterocycles. The first-order valence-electron chi connectivity index (χ1n) is 6.18.